The smallest absolute Gasteiger partial charge is 0.326 e. The van der Waals surface area contributed by atoms with Crippen LogP contribution in [0.15, 0.2) is 24.3 Å². The van der Waals surface area contributed by atoms with Crippen LogP contribution in [0, 0.1) is 0 Å². The quantitative estimate of drug-likeness (QED) is 0.833. The predicted molar refractivity (Wildman–Crippen MR) is 80.4 cm³/mol. The lowest BCUT2D eigenvalue weighted by molar-refractivity contribution is -0.147. The van der Waals surface area contributed by atoms with Crippen molar-refractivity contribution in [2.45, 2.75) is 45.2 Å². The summed E-state index contributed by atoms with van der Waals surface area (Å²) in [5, 5.41) is 11.6. The molecular formula is C16H20N2O4. The summed E-state index contributed by atoms with van der Waals surface area (Å²) in [7, 11) is 0. The third-order valence-corrected chi connectivity index (χ3v) is 4.12. The molecule has 1 fully saturated rings. The first-order chi connectivity index (χ1) is 10.2. The van der Waals surface area contributed by atoms with E-state index in [9.17, 15) is 14.4 Å². The molecule has 0 radical (unpaired) electrons. The van der Waals surface area contributed by atoms with Crippen LogP contribution in [-0.2, 0) is 15.1 Å². The zero-order valence-corrected chi connectivity index (χ0v) is 13.1. The Bertz CT molecular complexity index is 624. The number of carboxylic acids is 1. The van der Waals surface area contributed by atoms with Crippen molar-refractivity contribution in [3.63, 3.8) is 0 Å². The molecule has 0 aromatic heterocycles. The largest absolute Gasteiger partial charge is 0.480 e. The first-order valence-electron chi connectivity index (χ1n) is 7.17. The van der Waals surface area contributed by atoms with E-state index in [4.69, 9.17) is 5.11 Å². The number of carbonyl (C=O) groups excluding carboxylic acids is 2. The molecule has 6 nitrogen and oxygen atoms in total. The molecule has 0 bridgehead atoms. The molecule has 22 heavy (non-hydrogen) atoms. The number of rotatable bonds is 4. The molecule has 2 rings (SSSR count). The van der Waals surface area contributed by atoms with Crippen LogP contribution in [0.3, 0.4) is 0 Å². The Balaban J connectivity index is 2.36. The lowest BCUT2D eigenvalue weighted by Crippen LogP contribution is -2.45. The fourth-order valence-electron chi connectivity index (χ4n) is 2.52. The second-order valence-corrected chi connectivity index (χ2v) is 6.02. The van der Waals surface area contributed by atoms with E-state index in [0.29, 0.717) is 11.5 Å². The van der Waals surface area contributed by atoms with Gasteiger partial charge in [0.2, 0.25) is 0 Å². The topological polar surface area (TPSA) is 86.7 Å². The highest BCUT2D eigenvalue weighted by Crippen LogP contribution is 2.31. The molecule has 0 saturated carbocycles. The normalized spacial score (nSPS) is 22.9. The number of carbonyl (C=O) groups is 3. The van der Waals surface area contributed by atoms with Crippen molar-refractivity contribution in [3.8, 4) is 0 Å². The van der Waals surface area contributed by atoms with E-state index < -0.39 is 29.5 Å². The van der Waals surface area contributed by atoms with Gasteiger partial charge in [-0.25, -0.2) is 14.5 Å². The van der Waals surface area contributed by atoms with Gasteiger partial charge in [0.05, 0.1) is 0 Å². The summed E-state index contributed by atoms with van der Waals surface area (Å²) in [6.07, 6.45) is 0. The first-order valence-corrected chi connectivity index (χ1v) is 7.17. The van der Waals surface area contributed by atoms with Crippen molar-refractivity contribution in [1.29, 1.82) is 0 Å². The van der Waals surface area contributed by atoms with Gasteiger partial charge in [0.25, 0.3) is 5.91 Å². The molecule has 1 heterocycles. The highest BCUT2D eigenvalue weighted by Gasteiger charge is 2.51. The number of urea groups is 1. The maximum atomic E-state index is 12.6. The van der Waals surface area contributed by atoms with Crippen LogP contribution in [-0.4, -0.2) is 34.0 Å². The average Bonchev–Trinajstić information content (AvgIpc) is 2.69. The Morgan fingerprint density at radius 1 is 1.18 bits per heavy atom. The second-order valence-electron chi connectivity index (χ2n) is 6.02. The molecule has 2 atom stereocenters. The minimum atomic E-state index is -1.24. The van der Waals surface area contributed by atoms with Crippen LogP contribution < -0.4 is 5.32 Å². The number of amides is 3. The van der Waals surface area contributed by atoms with Crippen molar-refractivity contribution in [2.24, 2.45) is 0 Å². The van der Waals surface area contributed by atoms with Gasteiger partial charge in [-0.05, 0) is 30.9 Å². The Morgan fingerprint density at radius 3 is 2.18 bits per heavy atom. The fourth-order valence-corrected chi connectivity index (χ4v) is 2.52. The number of imide groups is 1. The number of nitrogens with zero attached hydrogens (tertiary/aromatic N) is 1. The third-order valence-electron chi connectivity index (χ3n) is 4.12. The summed E-state index contributed by atoms with van der Waals surface area (Å²) in [6, 6.07) is 5.52. The monoisotopic (exact) mass is 304 g/mol. The summed E-state index contributed by atoms with van der Waals surface area (Å²) in [5.41, 5.74) is 0.520. The zero-order valence-electron chi connectivity index (χ0n) is 13.1. The predicted octanol–water partition coefficient (Wildman–Crippen LogP) is 2.05. The summed E-state index contributed by atoms with van der Waals surface area (Å²) >= 11 is 0. The molecule has 0 spiro atoms. The van der Waals surface area contributed by atoms with Crippen molar-refractivity contribution < 1.29 is 19.5 Å². The highest BCUT2D eigenvalue weighted by molar-refractivity contribution is 6.09. The maximum absolute atomic E-state index is 12.6. The van der Waals surface area contributed by atoms with Crippen molar-refractivity contribution >= 4 is 17.9 Å². The highest BCUT2D eigenvalue weighted by atomic mass is 16.4. The standard InChI is InChI=1S/C16H20N2O4/c1-9(2)11-5-7-12(8-6-11)16(4)14(21)18(15(22)17-16)10(3)13(19)20/h5-10H,1-4H3,(H,17,22)(H,19,20). The molecule has 3 amide bonds. The van der Waals surface area contributed by atoms with E-state index in [2.05, 4.69) is 19.2 Å². The fraction of sp³-hybridized carbons (Fsp3) is 0.438. The van der Waals surface area contributed by atoms with Gasteiger partial charge in [-0.1, -0.05) is 38.1 Å². The van der Waals surface area contributed by atoms with Gasteiger partial charge >= 0.3 is 12.0 Å². The molecule has 2 unspecified atom stereocenters. The number of nitrogens with one attached hydrogen (secondary N) is 1. The lowest BCUT2D eigenvalue weighted by atomic mass is 9.90. The Morgan fingerprint density at radius 2 is 1.73 bits per heavy atom. The number of aliphatic carboxylic acids is 1. The zero-order chi connectivity index (χ0) is 16.7. The number of benzene rings is 1. The SMILES string of the molecule is CC(C)c1ccc(C2(C)NC(=O)N(C(C)C(=O)O)C2=O)cc1. The molecule has 2 N–H and O–H groups in total. The molecule has 1 aliphatic heterocycles. The third kappa shape index (κ3) is 2.45. The van der Waals surface area contributed by atoms with E-state index in [0.717, 1.165) is 10.5 Å². The van der Waals surface area contributed by atoms with Crippen LogP contribution in [0.5, 0.6) is 0 Å². The average molecular weight is 304 g/mol. The Hall–Kier alpha value is -2.37. The maximum Gasteiger partial charge on any atom is 0.326 e. The van der Waals surface area contributed by atoms with Gasteiger partial charge in [-0.2, -0.15) is 0 Å². The molecule has 118 valence electrons. The minimum absolute atomic E-state index is 0.360. The van der Waals surface area contributed by atoms with Crippen LogP contribution in [0.4, 0.5) is 4.79 Å². The summed E-state index contributed by atoms with van der Waals surface area (Å²) in [4.78, 5) is 36.4. The Kier molecular flexibility index (Phi) is 3.96. The van der Waals surface area contributed by atoms with Crippen LogP contribution in [0.2, 0.25) is 0 Å². The molecular weight excluding hydrogens is 284 g/mol. The number of carboxylic acid groups (broad SMARTS) is 1. The first kappa shape index (κ1) is 16.0. The van der Waals surface area contributed by atoms with Crippen LogP contribution in [0.1, 0.15) is 44.7 Å². The number of hydrogen-bond acceptors (Lipinski definition) is 3. The van der Waals surface area contributed by atoms with Gasteiger partial charge in [0, 0.05) is 0 Å². The van der Waals surface area contributed by atoms with Gasteiger partial charge in [-0.3, -0.25) is 4.79 Å². The van der Waals surface area contributed by atoms with Crippen molar-refractivity contribution in [3.05, 3.63) is 35.4 Å². The minimum Gasteiger partial charge on any atom is -0.480 e. The summed E-state index contributed by atoms with van der Waals surface area (Å²) < 4.78 is 0. The van der Waals surface area contributed by atoms with E-state index >= 15 is 0 Å². The molecule has 0 aliphatic carbocycles. The van der Waals surface area contributed by atoms with E-state index in [1.807, 2.05) is 12.1 Å². The van der Waals surface area contributed by atoms with Gasteiger partial charge in [0.1, 0.15) is 11.6 Å². The van der Waals surface area contributed by atoms with E-state index in [-0.39, 0.29) is 0 Å². The van der Waals surface area contributed by atoms with Crippen molar-refractivity contribution in [1.82, 2.24) is 10.2 Å². The summed E-state index contributed by atoms with van der Waals surface area (Å²) in [6.45, 7) is 7.03. The van der Waals surface area contributed by atoms with Crippen LogP contribution in [0.25, 0.3) is 0 Å². The summed E-state index contributed by atoms with van der Waals surface area (Å²) in [5.74, 6) is -1.41. The van der Waals surface area contributed by atoms with Gasteiger partial charge in [0.15, 0.2) is 0 Å². The lowest BCUT2D eigenvalue weighted by Gasteiger charge is -2.24. The number of hydrogen-bond donors (Lipinski definition) is 2. The molecule has 6 heteroatoms. The Labute approximate surface area is 129 Å². The second kappa shape index (κ2) is 5.44. The van der Waals surface area contributed by atoms with E-state index in [1.54, 1.807) is 19.1 Å². The van der Waals surface area contributed by atoms with Crippen LogP contribution >= 0.6 is 0 Å². The molecule has 1 aromatic rings. The van der Waals surface area contributed by atoms with Gasteiger partial charge in [-0.15, -0.1) is 0 Å². The van der Waals surface area contributed by atoms with E-state index in [1.165, 1.54) is 6.92 Å². The van der Waals surface area contributed by atoms with Gasteiger partial charge < -0.3 is 10.4 Å². The molecule has 1 aliphatic rings. The van der Waals surface area contributed by atoms with Crippen molar-refractivity contribution in [2.75, 3.05) is 0 Å². The molecule has 1 saturated heterocycles. The molecule has 1 aromatic carbocycles.